The summed E-state index contributed by atoms with van der Waals surface area (Å²) in [7, 11) is 0. The number of carbonyl (C=O) groups is 1. The highest BCUT2D eigenvalue weighted by molar-refractivity contribution is 7.80. The number of amides is 1. The number of nitrogens with zero attached hydrogens (tertiary/aromatic N) is 3. The van der Waals surface area contributed by atoms with Gasteiger partial charge in [0.25, 0.3) is 5.91 Å². The molecule has 3 heterocycles. The van der Waals surface area contributed by atoms with Crippen molar-refractivity contribution in [2.24, 2.45) is 0 Å². The van der Waals surface area contributed by atoms with E-state index < -0.39 is 0 Å². The van der Waals surface area contributed by atoms with Gasteiger partial charge in [0.05, 0.1) is 17.8 Å². The molecule has 2 N–H and O–H groups in total. The number of anilines is 2. The monoisotopic (exact) mass is 565 g/mol. The molecule has 0 spiro atoms. The maximum absolute atomic E-state index is 12.5. The van der Waals surface area contributed by atoms with Crippen LogP contribution in [0.5, 0.6) is 5.75 Å². The first kappa shape index (κ1) is 27.0. The summed E-state index contributed by atoms with van der Waals surface area (Å²) in [6.45, 7) is 4.40. The van der Waals surface area contributed by atoms with Crippen LogP contribution in [0.15, 0.2) is 85.1 Å². The van der Waals surface area contributed by atoms with Crippen LogP contribution >= 0.6 is 12.2 Å². The maximum atomic E-state index is 12.5. The Morgan fingerprint density at radius 1 is 1.02 bits per heavy atom. The van der Waals surface area contributed by atoms with Gasteiger partial charge in [0.15, 0.2) is 11.7 Å². The second kappa shape index (κ2) is 11.7. The highest BCUT2D eigenvalue weighted by Gasteiger charge is 2.42. The molecule has 2 fully saturated rings. The normalized spacial score (nSPS) is 18.9. The minimum atomic E-state index is -0.215. The third-order valence-electron chi connectivity index (χ3n) is 8.17. The topological polar surface area (TPSA) is 71.4 Å². The Morgan fingerprint density at radius 2 is 1.76 bits per heavy atom. The van der Waals surface area contributed by atoms with Crippen LogP contribution in [0.2, 0.25) is 0 Å². The Balaban J connectivity index is 1.27. The Bertz CT molecular complexity index is 1510. The lowest BCUT2D eigenvalue weighted by atomic mass is 9.96. The first-order valence-electron chi connectivity index (χ1n) is 14.3. The molecular formula is C33H35N5O2S. The molecule has 4 aromatic rings. The molecule has 1 saturated carbocycles. The number of hydrogen-bond donors (Lipinski definition) is 2. The number of thiocarbonyl (C=S) groups is 1. The number of aryl methyl sites for hydroxylation is 1. The lowest BCUT2D eigenvalue weighted by Crippen LogP contribution is -2.29. The summed E-state index contributed by atoms with van der Waals surface area (Å²) in [5.41, 5.74) is 6.45. The molecule has 0 radical (unpaired) electrons. The number of pyridine rings is 1. The highest BCUT2D eigenvalue weighted by Crippen LogP contribution is 2.45. The smallest absolute Gasteiger partial charge is 0.262 e. The molecule has 2 aromatic heterocycles. The number of rotatable bonds is 8. The number of para-hydroxylation sites is 1. The molecule has 8 heteroatoms. The zero-order valence-corrected chi connectivity index (χ0v) is 24.2. The molecule has 7 nitrogen and oxygen atoms in total. The van der Waals surface area contributed by atoms with E-state index in [4.69, 9.17) is 21.9 Å². The summed E-state index contributed by atoms with van der Waals surface area (Å²) in [5, 5.41) is 7.15. The second-order valence-electron chi connectivity index (χ2n) is 10.8. The molecule has 6 rings (SSSR count). The van der Waals surface area contributed by atoms with E-state index in [1.807, 2.05) is 72.9 Å². The molecule has 2 aromatic carbocycles. The summed E-state index contributed by atoms with van der Waals surface area (Å²) in [6.07, 6.45) is 6.87. The van der Waals surface area contributed by atoms with E-state index in [0.29, 0.717) is 22.6 Å². The van der Waals surface area contributed by atoms with Crippen molar-refractivity contribution in [3.05, 3.63) is 108 Å². The van der Waals surface area contributed by atoms with Crippen molar-refractivity contribution < 1.29 is 9.53 Å². The average Bonchev–Trinajstić information content (AvgIpc) is 3.71. The first-order chi connectivity index (χ1) is 20.0. The van der Waals surface area contributed by atoms with Crippen LogP contribution in [-0.2, 0) is 4.79 Å². The standard InChI is InChI=1S/C33H35N5O2S/c1-22-20-28(23(2)37(22)25-10-6-7-11-25)32-31(29-14-8-9-19-34-29)36-33(41)38(32)26-17-15-24(16-18-26)35-30(39)21-40-27-12-4-3-5-13-27/h3-5,8-9,12-20,25,31-32H,6-7,10-11,21H2,1-2H3,(H,35,39)(H,36,41)/t31-,32+/m0/s1. The van der Waals surface area contributed by atoms with Gasteiger partial charge in [0.2, 0.25) is 0 Å². The van der Waals surface area contributed by atoms with E-state index in [1.54, 1.807) is 0 Å². The Labute approximate surface area is 246 Å². The van der Waals surface area contributed by atoms with Crippen molar-refractivity contribution in [1.82, 2.24) is 14.9 Å². The largest absolute Gasteiger partial charge is 0.484 e. The van der Waals surface area contributed by atoms with Gasteiger partial charge in [-0.05, 0) is 99.1 Å². The summed E-state index contributed by atoms with van der Waals surface area (Å²) in [5.74, 6) is 0.446. The van der Waals surface area contributed by atoms with Crippen LogP contribution < -0.4 is 20.3 Å². The van der Waals surface area contributed by atoms with Crippen molar-refractivity contribution in [2.75, 3.05) is 16.8 Å². The van der Waals surface area contributed by atoms with Crippen LogP contribution in [0.4, 0.5) is 11.4 Å². The van der Waals surface area contributed by atoms with Gasteiger partial charge < -0.3 is 24.8 Å². The third kappa shape index (κ3) is 5.57. The quantitative estimate of drug-likeness (QED) is 0.229. The van der Waals surface area contributed by atoms with E-state index in [2.05, 4.69) is 46.1 Å². The molecule has 0 unspecified atom stereocenters. The molecule has 1 saturated heterocycles. The molecule has 2 aliphatic rings. The Hall–Kier alpha value is -4.17. The third-order valence-corrected chi connectivity index (χ3v) is 8.49. The van der Waals surface area contributed by atoms with E-state index in [-0.39, 0.29) is 24.6 Å². The predicted molar refractivity (Wildman–Crippen MR) is 166 cm³/mol. The van der Waals surface area contributed by atoms with Crippen LogP contribution in [0.3, 0.4) is 0 Å². The van der Waals surface area contributed by atoms with Crippen LogP contribution in [0.1, 0.15) is 66.5 Å². The van der Waals surface area contributed by atoms with E-state index >= 15 is 0 Å². The minimum Gasteiger partial charge on any atom is -0.484 e. The maximum Gasteiger partial charge on any atom is 0.262 e. The molecular weight excluding hydrogens is 530 g/mol. The molecule has 0 bridgehead atoms. The van der Waals surface area contributed by atoms with Crippen molar-refractivity contribution in [2.45, 2.75) is 57.7 Å². The molecule has 1 aliphatic carbocycles. The number of nitrogens with one attached hydrogen (secondary N) is 2. The zero-order chi connectivity index (χ0) is 28.3. The van der Waals surface area contributed by atoms with Crippen LogP contribution in [-0.4, -0.2) is 27.2 Å². The van der Waals surface area contributed by atoms with Gasteiger partial charge in [-0.15, -0.1) is 0 Å². The van der Waals surface area contributed by atoms with E-state index in [1.165, 1.54) is 42.6 Å². The van der Waals surface area contributed by atoms with Gasteiger partial charge in [-0.1, -0.05) is 37.1 Å². The number of ether oxygens (including phenoxy) is 1. The van der Waals surface area contributed by atoms with Crippen LogP contribution in [0.25, 0.3) is 0 Å². The minimum absolute atomic E-state index is 0.0592. The SMILES string of the molecule is Cc1cc([C@@H]2[C@H](c3ccccn3)NC(=S)N2c2ccc(NC(=O)COc3ccccc3)cc2)c(C)n1C1CCCC1. The van der Waals surface area contributed by atoms with Crippen molar-refractivity contribution in [1.29, 1.82) is 0 Å². The zero-order valence-electron chi connectivity index (χ0n) is 23.4. The Kier molecular flexibility index (Phi) is 7.74. The number of carbonyl (C=O) groups excluding carboxylic acids is 1. The lowest BCUT2D eigenvalue weighted by molar-refractivity contribution is -0.118. The predicted octanol–water partition coefficient (Wildman–Crippen LogP) is 6.81. The molecule has 2 atom stereocenters. The summed E-state index contributed by atoms with van der Waals surface area (Å²) in [6, 6.07) is 25.9. The fourth-order valence-electron chi connectivity index (χ4n) is 6.34. The second-order valence-corrected chi connectivity index (χ2v) is 11.2. The number of benzene rings is 2. The molecule has 41 heavy (non-hydrogen) atoms. The fourth-order valence-corrected chi connectivity index (χ4v) is 6.69. The van der Waals surface area contributed by atoms with E-state index in [0.717, 1.165) is 11.4 Å². The lowest BCUT2D eigenvalue weighted by Gasteiger charge is -2.28. The Morgan fingerprint density at radius 3 is 2.46 bits per heavy atom. The number of hydrogen-bond acceptors (Lipinski definition) is 4. The van der Waals surface area contributed by atoms with Crippen molar-refractivity contribution >= 4 is 34.6 Å². The summed E-state index contributed by atoms with van der Waals surface area (Å²) >= 11 is 5.94. The van der Waals surface area contributed by atoms with Gasteiger partial charge in [0, 0.05) is 35.0 Å². The van der Waals surface area contributed by atoms with E-state index in [9.17, 15) is 4.79 Å². The van der Waals surface area contributed by atoms with Gasteiger partial charge in [-0.25, -0.2) is 0 Å². The molecule has 1 amide bonds. The van der Waals surface area contributed by atoms with Crippen molar-refractivity contribution in [3.63, 3.8) is 0 Å². The van der Waals surface area contributed by atoms with Gasteiger partial charge >= 0.3 is 0 Å². The molecule has 210 valence electrons. The van der Waals surface area contributed by atoms with Gasteiger partial charge in [-0.2, -0.15) is 0 Å². The van der Waals surface area contributed by atoms with Gasteiger partial charge in [0.1, 0.15) is 5.75 Å². The van der Waals surface area contributed by atoms with Crippen LogP contribution in [0, 0.1) is 13.8 Å². The fraction of sp³-hybridized carbons (Fsp3) is 0.303. The van der Waals surface area contributed by atoms with Crippen molar-refractivity contribution in [3.8, 4) is 5.75 Å². The average molecular weight is 566 g/mol. The number of aromatic nitrogens is 2. The summed E-state index contributed by atoms with van der Waals surface area (Å²) < 4.78 is 8.12. The summed E-state index contributed by atoms with van der Waals surface area (Å²) in [4.78, 5) is 19.4. The van der Waals surface area contributed by atoms with Gasteiger partial charge in [-0.3, -0.25) is 9.78 Å². The molecule has 1 aliphatic heterocycles. The first-order valence-corrected chi connectivity index (χ1v) is 14.7. The highest BCUT2D eigenvalue weighted by atomic mass is 32.1.